The highest BCUT2D eigenvalue weighted by molar-refractivity contribution is 5.89. The zero-order valence-corrected chi connectivity index (χ0v) is 17.0. The predicted octanol–water partition coefficient (Wildman–Crippen LogP) is 3.11. The third kappa shape index (κ3) is 2.29. The average molecular weight is 433 g/mol. The van der Waals surface area contributed by atoms with Crippen molar-refractivity contribution in [2.45, 2.75) is 31.7 Å². The summed E-state index contributed by atoms with van der Waals surface area (Å²) in [5, 5.41) is 25.7. The van der Waals surface area contributed by atoms with E-state index in [0.717, 1.165) is 37.4 Å². The first-order valence-corrected chi connectivity index (χ1v) is 10.9. The molecule has 4 aromatic rings. The molecule has 6 aliphatic rings. The fourth-order valence-corrected chi connectivity index (χ4v) is 6.65. The van der Waals surface area contributed by atoms with Crippen molar-refractivity contribution in [1.82, 2.24) is 29.8 Å². The first kappa shape index (κ1) is 18.1. The summed E-state index contributed by atoms with van der Waals surface area (Å²) in [6.07, 6.45) is 7.03. The molecular formula is C22H20FN7O2. The van der Waals surface area contributed by atoms with Gasteiger partial charge in [-0.05, 0) is 61.1 Å². The predicted molar refractivity (Wildman–Crippen MR) is 112 cm³/mol. The molecule has 6 saturated carbocycles. The van der Waals surface area contributed by atoms with Gasteiger partial charge in [-0.3, -0.25) is 9.89 Å². The standard InChI is InChI=1S/C22H20FN7O2/c23-11-6-13-17(27-28-18(13)24-9-11)20-26-19(14-2-1-5-30(14)29-20)25-16-12-3-4-22(7-10(12)8-22)15(16)21(31)32/h1-2,5-6,9-10,12,15-16H,3-4,7-8H2,(H,31,32)(H,24,27,28)(H,25,26,29)/t10?,12-,15+,16+,22?/m1/s1. The van der Waals surface area contributed by atoms with Crippen LogP contribution >= 0.6 is 0 Å². The van der Waals surface area contributed by atoms with Crippen molar-refractivity contribution in [2.24, 2.45) is 23.2 Å². The summed E-state index contributed by atoms with van der Waals surface area (Å²) in [5.74, 6) is 0.201. The second kappa shape index (κ2) is 6.02. The van der Waals surface area contributed by atoms with Crippen LogP contribution < -0.4 is 5.32 Å². The van der Waals surface area contributed by atoms with E-state index >= 15 is 0 Å². The monoisotopic (exact) mass is 433 g/mol. The number of aromatic amines is 1. The molecule has 0 amide bonds. The van der Waals surface area contributed by atoms with Gasteiger partial charge in [-0.1, -0.05) is 0 Å². The molecule has 3 bridgehead atoms. The van der Waals surface area contributed by atoms with Gasteiger partial charge in [0.25, 0.3) is 0 Å². The zero-order chi connectivity index (χ0) is 21.6. The molecule has 9 nitrogen and oxygen atoms in total. The lowest BCUT2D eigenvalue weighted by Crippen LogP contribution is -2.67. The van der Waals surface area contributed by atoms with Gasteiger partial charge in [-0.15, -0.1) is 5.10 Å². The van der Waals surface area contributed by atoms with E-state index in [1.165, 1.54) is 6.07 Å². The highest BCUT2D eigenvalue weighted by atomic mass is 19.1. The summed E-state index contributed by atoms with van der Waals surface area (Å²) in [6, 6.07) is 4.94. The van der Waals surface area contributed by atoms with Crippen LogP contribution in [0.4, 0.5) is 10.2 Å². The number of aliphatic carboxylic acids is 1. The van der Waals surface area contributed by atoms with E-state index in [1.54, 1.807) is 10.7 Å². The molecule has 0 radical (unpaired) electrons. The Morgan fingerprint density at radius 2 is 2.25 bits per heavy atom. The number of rotatable bonds is 4. The van der Waals surface area contributed by atoms with Crippen molar-refractivity contribution in [3.05, 3.63) is 36.4 Å². The molecule has 32 heavy (non-hydrogen) atoms. The highest BCUT2D eigenvalue weighted by Gasteiger charge is 2.67. The number of carboxylic acid groups (broad SMARTS) is 1. The molecule has 3 N–H and O–H groups in total. The van der Waals surface area contributed by atoms with Gasteiger partial charge < -0.3 is 10.4 Å². The van der Waals surface area contributed by atoms with Gasteiger partial charge >= 0.3 is 5.97 Å². The Bertz CT molecular complexity index is 1400. The largest absolute Gasteiger partial charge is 0.481 e. The summed E-state index contributed by atoms with van der Waals surface area (Å²) in [4.78, 5) is 21.0. The van der Waals surface area contributed by atoms with Crippen molar-refractivity contribution in [2.75, 3.05) is 5.32 Å². The number of anilines is 1. The Hall–Kier alpha value is -3.56. The molecule has 0 unspecified atom stereocenters. The van der Waals surface area contributed by atoms with Gasteiger partial charge in [-0.25, -0.2) is 18.9 Å². The summed E-state index contributed by atoms with van der Waals surface area (Å²) in [5.41, 5.74) is 1.52. The lowest BCUT2D eigenvalue weighted by Gasteiger charge is -2.67. The van der Waals surface area contributed by atoms with Crippen molar-refractivity contribution in [3.8, 4) is 11.5 Å². The number of nitrogens with one attached hydrogen (secondary N) is 2. The minimum atomic E-state index is -0.729. The molecule has 0 saturated heterocycles. The summed E-state index contributed by atoms with van der Waals surface area (Å²) < 4.78 is 15.5. The maximum Gasteiger partial charge on any atom is 0.309 e. The number of H-pyrrole nitrogens is 1. The van der Waals surface area contributed by atoms with Crippen molar-refractivity contribution in [3.63, 3.8) is 0 Å². The number of carbonyl (C=O) groups is 1. The molecule has 162 valence electrons. The Morgan fingerprint density at radius 3 is 3.03 bits per heavy atom. The Morgan fingerprint density at radius 1 is 1.38 bits per heavy atom. The van der Waals surface area contributed by atoms with Gasteiger partial charge in [0.15, 0.2) is 11.5 Å². The van der Waals surface area contributed by atoms with E-state index in [0.29, 0.717) is 40.2 Å². The van der Waals surface area contributed by atoms with Crippen LogP contribution in [0.5, 0.6) is 0 Å². The second-order valence-electron chi connectivity index (χ2n) is 9.46. The molecule has 10 heteroatoms. The number of hydrogen-bond acceptors (Lipinski definition) is 6. The number of pyridine rings is 1. The molecule has 10 rings (SSSR count). The SMILES string of the molecule is O=C(O)[C@@H]1[C@@H](Nc2nc(-c3[nH]nc4ncc(F)cc34)nn3cccc23)[C@@H]2CCC13CC2C3. The van der Waals surface area contributed by atoms with Crippen LogP contribution in [0.2, 0.25) is 0 Å². The van der Waals surface area contributed by atoms with Crippen molar-refractivity contribution < 1.29 is 14.3 Å². The molecule has 4 heterocycles. The summed E-state index contributed by atoms with van der Waals surface area (Å²) in [7, 11) is 0. The molecule has 6 fully saturated rings. The molecule has 0 aromatic carbocycles. The van der Waals surface area contributed by atoms with Gasteiger partial charge in [0, 0.05) is 12.2 Å². The lowest BCUT2D eigenvalue weighted by molar-refractivity contribution is -0.189. The number of nitrogens with zero attached hydrogens (tertiary/aromatic N) is 5. The van der Waals surface area contributed by atoms with Crippen LogP contribution in [0, 0.1) is 29.0 Å². The third-order valence-corrected chi connectivity index (χ3v) is 7.96. The van der Waals surface area contributed by atoms with Gasteiger partial charge in [0.1, 0.15) is 17.0 Å². The van der Waals surface area contributed by atoms with E-state index in [-0.39, 0.29) is 11.5 Å². The maximum absolute atomic E-state index is 13.8. The second-order valence-corrected chi connectivity index (χ2v) is 9.46. The first-order chi connectivity index (χ1) is 15.5. The van der Waals surface area contributed by atoms with Gasteiger partial charge in [-0.2, -0.15) is 5.10 Å². The fourth-order valence-electron chi connectivity index (χ4n) is 6.65. The quantitative estimate of drug-likeness (QED) is 0.452. The van der Waals surface area contributed by atoms with E-state index in [9.17, 15) is 14.3 Å². The number of halogens is 1. The Kier molecular flexibility index (Phi) is 3.40. The molecule has 0 aliphatic heterocycles. The van der Waals surface area contributed by atoms with Gasteiger partial charge in [0.2, 0.25) is 5.82 Å². The molecule has 6 aliphatic carbocycles. The Balaban J connectivity index is 1.34. The van der Waals surface area contributed by atoms with E-state index in [1.807, 2.05) is 12.1 Å². The average Bonchev–Trinajstić information content (AvgIpc) is 3.39. The normalized spacial score (nSPS) is 30.5. The molecular weight excluding hydrogens is 413 g/mol. The fraction of sp³-hybridized carbons (Fsp3) is 0.409. The van der Waals surface area contributed by atoms with Crippen LogP contribution in [0.1, 0.15) is 25.7 Å². The highest BCUT2D eigenvalue weighted by Crippen LogP contribution is 2.69. The minimum absolute atomic E-state index is 0.0835. The smallest absolute Gasteiger partial charge is 0.309 e. The zero-order valence-electron chi connectivity index (χ0n) is 17.0. The van der Waals surface area contributed by atoms with Crippen LogP contribution in [0.15, 0.2) is 30.6 Å². The number of carboxylic acids is 1. The topological polar surface area (TPSA) is 121 Å². The van der Waals surface area contributed by atoms with Crippen LogP contribution in [0.25, 0.3) is 28.1 Å². The number of hydrogen-bond donors (Lipinski definition) is 3. The van der Waals surface area contributed by atoms with Gasteiger partial charge in [0.05, 0.1) is 17.5 Å². The minimum Gasteiger partial charge on any atom is -0.481 e. The van der Waals surface area contributed by atoms with E-state index < -0.39 is 17.7 Å². The van der Waals surface area contributed by atoms with Crippen molar-refractivity contribution >= 4 is 28.3 Å². The Labute approximate surface area is 181 Å². The van der Waals surface area contributed by atoms with Crippen LogP contribution in [-0.4, -0.2) is 46.9 Å². The van der Waals surface area contributed by atoms with Crippen molar-refractivity contribution in [1.29, 1.82) is 0 Å². The lowest BCUT2D eigenvalue weighted by atomic mass is 9.38. The van der Waals surface area contributed by atoms with E-state index in [2.05, 4.69) is 25.6 Å². The van der Waals surface area contributed by atoms with Crippen LogP contribution in [0.3, 0.4) is 0 Å². The number of fused-ring (bicyclic) bond motifs is 2. The summed E-state index contributed by atoms with van der Waals surface area (Å²) >= 11 is 0. The van der Waals surface area contributed by atoms with Crippen LogP contribution in [-0.2, 0) is 4.79 Å². The molecule has 4 aromatic heterocycles. The summed E-state index contributed by atoms with van der Waals surface area (Å²) in [6.45, 7) is 0. The third-order valence-electron chi connectivity index (χ3n) is 7.96. The molecule has 3 atom stereocenters. The first-order valence-electron chi connectivity index (χ1n) is 10.9. The number of aromatic nitrogens is 6. The molecule has 1 spiro atoms. The van der Waals surface area contributed by atoms with E-state index in [4.69, 9.17) is 4.98 Å². The maximum atomic E-state index is 13.8.